The lowest BCUT2D eigenvalue weighted by molar-refractivity contribution is -0.145. The Balaban J connectivity index is 0.000000259. The average Bonchev–Trinajstić information content (AvgIpc) is 3.11. The molecule has 0 aliphatic rings. The molecule has 0 atom stereocenters. The van der Waals surface area contributed by atoms with Crippen LogP contribution in [0.25, 0.3) is 21.8 Å². The average molecular weight is 817 g/mol. The summed E-state index contributed by atoms with van der Waals surface area (Å²) >= 11 is 0. The zero-order valence-corrected chi connectivity index (χ0v) is 33.0. The number of hydrogen-bond acceptors (Lipinski definition) is 9. The van der Waals surface area contributed by atoms with Crippen molar-refractivity contribution in [1.29, 1.82) is 0 Å². The van der Waals surface area contributed by atoms with Gasteiger partial charge in [0.25, 0.3) is 0 Å². The lowest BCUT2D eigenvalue weighted by Gasteiger charge is -2.33. The number of hydrazine groups is 2. The number of halogens is 6. The summed E-state index contributed by atoms with van der Waals surface area (Å²) in [5.41, 5.74) is 11.5. The van der Waals surface area contributed by atoms with Crippen LogP contribution in [0.3, 0.4) is 0 Å². The van der Waals surface area contributed by atoms with Crippen LogP contribution in [0.5, 0.6) is 5.75 Å². The van der Waals surface area contributed by atoms with Crippen molar-refractivity contribution in [2.45, 2.75) is 79.2 Å². The predicted molar refractivity (Wildman–Crippen MR) is 209 cm³/mol. The highest BCUT2D eigenvalue weighted by Gasteiger charge is 2.36. The maximum absolute atomic E-state index is 13.0. The molecule has 13 nitrogen and oxygen atoms in total. The minimum Gasteiger partial charge on any atom is -0.493 e. The van der Waals surface area contributed by atoms with Crippen LogP contribution in [0, 0.1) is 19.3 Å². The van der Waals surface area contributed by atoms with E-state index in [1.807, 2.05) is 45.9 Å². The van der Waals surface area contributed by atoms with E-state index in [1.165, 1.54) is 12.1 Å². The number of nitrogens with one attached hydrogen (secondary N) is 6. The minimum atomic E-state index is -4.71. The molecule has 2 heterocycles. The van der Waals surface area contributed by atoms with Gasteiger partial charge in [-0.05, 0) is 81.8 Å². The van der Waals surface area contributed by atoms with Gasteiger partial charge in [-0.25, -0.2) is 29.5 Å². The first-order valence-corrected chi connectivity index (χ1v) is 18.0. The maximum atomic E-state index is 13.0. The number of ether oxygens (including phenoxy) is 1. The van der Waals surface area contributed by atoms with E-state index < -0.39 is 41.6 Å². The van der Waals surface area contributed by atoms with E-state index in [4.69, 9.17) is 4.74 Å². The number of carbonyl (C=O) groups is 2. The fourth-order valence-corrected chi connectivity index (χ4v) is 6.00. The third kappa shape index (κ3) is 13.5. The maximum Gasteiger partial charge on any atom is 0.451 e. The fourth-order valence-electron chi connectivity index (χ4n) is 6.00. The van der Waals surface area contributed by atoms with Crippen LogP contribution in [0.1, 0.15) is 70.2 Å². The van der Waals surface area contributed by atoms with Crippen LogP contribution in [-0.4, -0.2) is 50.7 Å². The predicted octanol–water partition coefficient (Wildman–Crippen LogP) is 8.85. The molecule has 0 aliphatic carbocycles. The van der Waals surface area contributed by atoms with E-state index in [2.05, 4.69) is 73.0 Å². The van der Waals surface area contributed by atoms with Gasteiger partial charge in [-0.2, -0.15) is 26.3 Å². The van der Waals surface area contributed by atoms with E-state index in [0.717, 1.165) is 16.9 Å². The molecule has 312 valence electrons. The van der Waals surface area contributed by atoms with Crippen molar-refractivity contribution in [1.82, 2.24) is 41.4 Å². The molecule has 6 N–H and O–H groups in total. The second-order valence-corrected chi connectivity index (χ2v) is 15.1. The number of amides is 4. The summed E-state index contributed by atoms with van der Waals surface area (Å²) in [6.07, 6.45) is -8.15. The Morgan fingerprint density at radius 1 is 0.672 bits per heavy atom. The molecule has 2 aromatic heterocycles. The monoisotopic (exact) mass is 816 g/mol. The quantitative estimate of drug-likeness (QED) is 0.0434. The Hall–Kier alpha value is -6.14. The molecule has 0 saturated carbocycles. The number of anilines is 2. The second kappa shape index (κ2) is 18.4. The third-order valence-electron chi connectivity index (χ3n) is 7.92. The lowest BCUT2D eigenvalue weighted by atomic mass is 9.82. The number of benzene rings is 3. The van der Waals surface area contributed by atoms with Gasteiger partial charge in [0.15, 0.2) is 11.6 Å². The van der Waals surface area contributed by atoms with Crippen molar-refractivity contribution in [3.05, 3.63) is 89.5 Å². The molecule has 0 fully saturated rings. The van der Waals surface area contributed by atoms with E-state index in [-0.39, 0.29) is 28.1 Å². The molecule has 3 aromatic carbocycles. The standard InChI is InChI=1S/C21H22F3N5O2.C18H24F3N5O/c1-13-8-9-17(14(2)12-13)31-11-5-10-25-20(30)29-28-18-15-6-3-4-7-16(15)26-19(27-18)21(22,23)24;1-16(2,3)10-17(4,5)24-15(27)26-25-13-11-8-6-7-9-12(11)22-14(23-13)18(19,20)21/h3-4,6-9,12H,5,10-11H2,1-2H3,(H2,25,29,30)(H,26,27,28);6-9H,10H2,1-5H3,(H,22,23,25)(H2,24,26,27). The molecule has 0 aliphatic heterocycles. The molecule has 0 spiro atoms. The number of aryl methyl sites for hydroxylation is 2. The van der Waals surface area contributed by atoms with Crippen LogP contribution in [0.2, 0.25) is 0 Å². The molecule has 5 aromatic rings. The second-order valence-electron chi connectivity index (χ2n) is 15.1. The third-order valence-corrected chi connectivity index (χ3v) is 7.92. The van der Waals surface area contributed by atoms with Crippen molar-refractivity contribution in [2.24, 2.45) is 5.41 Å². The van der Waals surface area contributed by atoms with Crippen LogP contribution >= 0.6 is 0 Å². The summed E-state index contributed by atoms with van der Waals surface area (Å²) < 4.78 is 83.9. The summed E-state index contributed by atoms with van der Waals surface area (Å²) in [6, 6.07) is 17.2. The summed E-state index contributed by atoms with van der Waals surface area (Å²) in [6.45, 7) is 14.6. The lowest BCUT2D eigenvalue weighted by Crippen LogP contribution is -2.51. The molecule has 0 radical (unpaired) electrons. The number of nitrogens with zero attached hydrogens (tertiary/aromatic N) is 4. The molecule has 0 bridgehead atoms. The summed E-state index contributed by atoms with van der Waals surface area (Å²) in [5, 5.41) is 6.10. The van der Waals surface area contributed by atoms with Gasteiger partial charge < -0.3 is 15.4 Å². The van der Waals surface area contributed by atoms with Gasteiger partial charge in [-0.15, -0.1) is 0 Å². The SMILES string of the molecule is CC(C)(C)CC(C)(C)NC(=O)NNc1nc(C(F)(F)F)nc2ccccc12.Cc1ccc(OCCCNC(=O)NNc2nc(C(F)(F)F)nc3ccccc23)c(C)c1. The Morgan fingerprint density at radius 2 is 1.17 bits per heavy atom. The Kier molecular flexibility index (Phi) is 14.2. The zero-order chi connectivity index (χ0) is 42.9. The highest BCUT2D eigenvalue weighted by molar-refractivity contribution is 5.91. The Bertz CT molecular complexity index is 2210. The number of aromatic nitrogens is 4. The van der Waals surface area contributed by atoms with Crippen molar-refractivity contribution in [3.63, 3.8) is 0 Å². The zero-order valence-electron chi connectivity index (χ0n) is 33.0. The number of para-hydroxylation sites is 2. The first kappa shape index (κ1) is 44.6. The molecule has 0 unspecified atom stereocenters. The first-order chi connectivity index (χ1) is 27.0. The molecular formula is C39H46F6N10O3. The van der Waals surface area contributed by atoms with Gasteiger partial charge in [0.05, 0.1) is 17.6 Å². The normalized spacial score (nSPS) is 11.9. The molecule has 0 saturated heterocycles. The molecule has 58 heavy (non-hydrogen) atoms. The number of rotatable bonds is 11. The molecule has 4 amide bonds. The Labute approximate surface area is 331 Å². The highest BCUT2D eigenvalue weighted by atomic mass is 19.4. The summed E-state index contributed by atoms with van der Waals surface area (Å²) in [7, 11) is 0. The van der Waals surface area contributed by atoms with E-state index in [0.29, 0.717) is 36.8 Å². The van der Waals surface area contributed by atoms with Gasteiger partial charge in [0.1, 0.15) is 5.75 Å². The van der Waals surface area contributed by atoms with Crippen molar-refractivity contribution in [2.75, 3.05) is 24.0 Å². The highest BCUT2D eigenvalue weighted by Crippen LogP contribution is 2.32. The van der Waals surface area contributed by atoms with E-state index in [1.54, 1.807) is 36.4 Å². The molecular weight excluding hydrogens is 770 g/mol. The van der Waals surface area contributed by atoms with Crippen molar-refractivity contribution >= 4 is 45.5 Å². The first-order valence-electron chi connectivity index (χ1n) is 18.0. The van der Waals surface area contributed by atoms with Crippen LogP contribution in [0.4, 0.5) is 47.6 Å². The number of urea groups is 2. The molecule has 5 rings (SSSR count). The van der Waals surface area contributed by atoms with E-state index in [9.17, 15) is 35.9 Å². The topological polar surface area (TPSA) is 167 Å². The number of fused-ring (bicyclic) bond motifs is 2. The fraction of sp³-hybridized carbons (Fsp3) is 0.385. The Morgan fingerprint density at radius 3 is 1.66 bits per heavy atom. The van der Waals surface area contributed by atoms with Gasteiger partial charge in [0.2, 0.25) is 11.6 Å². The van der Waals surface area contributed by atoms with Crippen LogP contribution in [-0.2, 0) is 12.4 Å². The number of hydrogen-bond donors (Lipinski definition) is 6. The number of alkyl halides is 6. The largest absolute Gasteiger partial charge is 0.493 e. The van der Waals surface area contributed by atoms with Crippen LogP contribution in [0.15, 0.2) is 66.7 Å². The van der Waals surface area contributed by atoms with E-state index >= 15 is 0 Å². The summed E-state index contributed by atoms with van der Waals surface area (Å²) in [5.74, 6) is -2.06. The van der Waals surface area contributed by atoms with Crippen LogP contribution < -0.4 is 37.1 Å². The summed E-state index contributed by atoms with van der Waals surface area (Å²) in [4.78, 5) is 38.2. The minimum absolute atomic E-state index is 0.00528. The van der Waals surface area contributed by atoms with Gasteiger partial charge >= 0.3 is 24.4 Å². The number of carbonyl (C=O) groups excluding carboxylic acids is 2. The van der Waals surface area contributed by atoms with Crippen molar-refractivity contribution in [3.8, 4) is 5.75 Å². The van der Waals surface area contributed by atoms with Gasteiger partial charge in [-0.1, -0.05) is 62.7 Å². The molecule has 19 heteroatoms. The van der Waals surface area contributed by atoms with Crippen molar-refractivity contribution < 1.29 is 40.7 Å². The van der Waals surface area contributed by atoms with Gasteiger partial charge in [0, 0.05) is 22.9 Å². The smallest absolute Gasteiger partial charge is 0.451 e. The van der Waals surface area contributed by atoms with Gasteiger partial charge in [-0.3, -0.25) is 21.7 Å².